The summed E-state index contributed by atoms with van der Waals surface area (Å²) >= 11 is 0. The van der Waals surface area contributed by atoms with Gasteiger partial charge in [0.15, 0.2) is 0 Å². The molecule has 0 unspecified atom stereocenters. The average Bonchev–Trinajstić information content (AvgIpc) is 2.55. The highest BCUT2D eigenvalue weighted by Gasteiger charge is 2.42. The third kappa shape index (κ3) is 3.47. The van der Waals surface area contributed by atoms with Gasteiger partial charge in [-0.15, -0.1) is 0 Å². The van der Waals surface area contributed by atoms with E-state index in [2.05, 4.69) is 17.1 Å². The Balaban J connectivity index is 2.14. The number of benzene rings is 1. The standard InChI is InChI=1S/C16H24N2O3/c1-4-18-11-9-16(10-12-18,15(19)21-3)17-13-5-7-14(20-2)8-6-13/h5-8,17H,4,9-12H2,1-3H3. The molecule has 0 atom stereocenters. The highest BCUT2D eigenvalue weighted by molar-refractivity contribution is 5.84. The molecule has 5 nitrogen and oxygen atoms in total. The largest absolute Gasteiger partial charge is 0.497 e. The number of nitrogens with one attached hydrogen (secondary N) is 1. The molecule has 1 N–H and O–H groups in total. The molecule has 2 rings (SSSR count). The SMILES string of the molecule is CCN1CCC(Nc2ccc(OC)cc2)(C(=O)OC)CC1. The smallest absolute Gasteiger partial charge is 0.331 e. The third-order valence-electron chi connectivity index (χ3n) is 4.21. The summed E-state index contributed by atoms with van der Waals surface area (Å²) in [6.45, 7) is 4.95. The van der Waals surface area contributed by atoms with Crippen molar-refractivity contribution in [1.29, 1.82) is 0 Å². The molecule has 0 spiro atoms. The molecular formula is C16H24N2O3. The Morgan fingerprint density at radius 1 is 1.24 bits per heavy atom. The second-order valence-electron chi connectivity index (χ2n) is 5.36. The molecule has 116 valence electrons. The third-order valence-corrected chi connectivity index (χ3v) is 4.21. The monoisotopic (exact) mass is 292 g/mol. The lowest BCUT2D eigenvalue weighted by Crippen LogP contribution is -2.54. The van der Waals surface area contributed by atoms with Crippen molar-refractivity contribution in [2.24, 2.45) is 0 Å². The number of likely N-dealkylation sites (tertiary alicyclic amines) is 1. The fourth-order valence-corrected chi connectivity index (χ4v) is 2.78. The van der Waals surface area contributed by atoms with Gasteiger partial charge < -0.3 is 19.7 Å². The number of methoxy groups -OCH3 is 2. The second-order valence-corrected chi connectivity index (χ2v) is 5.36. The summed E-state index contributed by atoms with van der Waals surface area (Å²) in [5.41, 5.74) is 0.279. The molecule has 1 heterocycles. The van der Waals surface area contributed by atoms with Crippen LogP contribution >= 0.6 is 0 Å². The number of carbonyl (C=O) groups excluding carboxylic acids is 1. The van der Waals surface area contributed by atoms with Crippen LogP contribution in [0.2, 0.25) is 0 Å². The van der Waals surface area contributed by atoms with Crippen LogP contribution in [0.1, 0.15) is 19.8 Å². The van der Waals surface area contributed by atoms with E-state index >= 15 is 0 Å². The number of carbonyl (C=O) groups is 1. The number of nitrogens with zero attached hydrogens (tertiary/aromatic N) is 1. The number of hydrogen-bond donors (Lipinski definition) is 1. The van der Waals surface area contributed by atoms with Crippen molar-refractivity contribution in [2.75, 3.05) is 39.2 Å². The Morgan fingerprint density at radius 3 is 2.33 bits per heavy atom. The Bertz CT molecular complexity index is 465. The van der Waals surface area contributed by atoms with Crippen LogP contribution in [-0.2, 0) is 9.53 Å². The average molecular weight is 292 g/mol. The predicted molar refractivity (Wildman–Crippen MR) is 82.7 cm³/mol. The summed E-state index contributed by atoms with van der Waals surface area (Å²) < 4.78 is 10.2. The Kier molecular flexibility index (Phi) is 5.07. The van der Waals surface area contributed by atoms with Crippen molar-refractivity contribution in [3.8, 4) is 5.75 Å². The molecule has 1 aromatic rings. The van der Waals surface area contributed by atoms with Gasteiger partial charge in [-0.1, -0.05) is 6.92 Å². The summed E-state index contributed by atoms with van der Waals surface area (Å²) in [4.78, 5) is 14.6. The highest BCUT2D eigenvalue weighted by atomic mass is 16.5. The van der Waals surface area contributed by atoms with E-state index in [9.17, 15) is 4.79 Å². The molecule has 0 bridgehead atoms. The van der Waals surface area contributed by atoms with E-state index < -0.39 is 5.54 Å². The van der Waals surface area contributed by atoms with Crippen LogP contribution in [-0.4, -0.2) is 50.3 Å². The maximum absolute atomic E-state index is 12.3. The molecule has 1 aliphatic heterocycles. The first-order valence-corrected chi connectivity index (χ1v) is 7.36. The van der Waals surface area contributed by atoms with Crippen LogP contribution in [0, 0.1) is 0 Å². The minimum Gasteiger partial charge on any atom is -0.497 e. The number of ether oxygens (including phenoxy) is 2. The zero-order chi connectivity index (χ0) is 15.3. The van der Waals surface area contributed by atoms with E-state index in [-0.39, 0.29) is 5.97 Å². The van der Waals surface area contributed by atoms with Gasteiger partial charge in [-0.3, -0.25) is 0 Å². The van der Waals surface area contributed by atoms with E-state index in [1.807, 2.05) is 24.3 Å². The van der Waals surface area contributed by atoms with Crippen LogP contribution in [0.15, 0.2) is 24.3 Å². The summed E-state index contributed by atoms with van der Waals surface area (Å²) in [5, 5.41) is 3.38. The molecular weight excluding hydrogens is 268 g/mol. The minimum absolute atomic E-state index is 0.186. The number of piperidine rings is 1. The van der Waals surface area contributed by atoms with Crippen molar-refractivity contribution < 1.29 is 14.3 Å². The van der Waals surface area contributed by atoms with Gasteiger partial charge in [0.25, 0.3) is 0 Å². The molecule has 0 aliphatic carbocycles. The summed E-state index contributed by atoms with van der Waals surface area (Å²) in [6.07, 6.45) is 1.50. The molecule has 0 saturated carbocycles. The highest BCUT2D eigenvalue weighted by Crippen LogP contribution is 2.29. The van der Waals surface area contributed by atoms with Gasteiger partial charge in [0, 0.05) is 18.8 Å². The Labute approximate surface area is 126 Å². The Morgan fingerprint density at radius 2 is 1.86 bits per heavy atom. The molecule has 1 aromatic carbocycles. The van der Waals surface area contributed by atoms with Crippen LogP contribution < -0.4 is 10.1 Å². The summed E-state index contributed by atoms with van der Waals surface area (Å²) in [6, 6.07) is 7.62. The second kappa shape index (κ2) is 6.80. The number of esters is 1. The molecule has 0 amide bonds. The normalized spacial score (nSPS) is 18.0. The fourth-order valence-electron chi connectivity index (χ4n) is 2.78. The number of hydrogen-bond acceptors (Lipinski definition) is 5. The van der Waals surface area contributed by atoms with Gasteiger partial charge in [-0.05, 0) is 43.7 Å². The van der Waals surface area contributed by atoms with Crippen LogP contribution in [0.5, 0.6) is 5.75 Å². The van der Waals surface area contributed by atoms with Crippen LogP contribution in [0.4, 0.5) is 5.69 Å². The van der Waals surface area contributed by atoms with Crippen molar-refractivity contribution in [2.45, 2.75) is 25.3 Å². The van der Waals surface area contributed by atoms with Crippen molar-refractivity contribution in [3.63, 3.8) is 0 Å². The summed E-state index contributed by atoms with van der Waals surface area (Å²) in [5.74, 6) is 0.613. The van der Waals surface area contributed by atoms with E-state index in [1.54, 1.807) is 7.11 Å². The van der Waals surface area contributed by atoms with E-state index in [4.69, 9.17) is 9.47 Å². The van der Waals surface area contributed by atoms with Crippen LogP contribution in [0.3, 0.4) is 0 Å². The summed E-state index contributed by atoms with van der Waals surface area (Å²) in [7, 11) is 3.09. The zero-order valence-corrected chi connectivity index (χ0v) is 13.0. The molecule has 5 heteroatoms. The lowest BCUT2D eigenvalue weighted by molar-refractivity contribution is -0.147. The topological polar surface area (TPSA) is 50.8 Å². The van der Waals surface area contributed by atoms with E-state index in [0.29, 0.717) is 0 Å². The molecule has 1 aliphatic rings. The maximum atomic E-state index is 12.3. The molecule has 1 fully saturated rings. The first-order valence-electron chi connectivity index (χ1n) is 7.36. The van der Waals surface area contributed by atoms with Gasteiger partial charge in [0.05, 0.1) is 14.2 Å². The zero-order valence-electron chi connectivity index (χ0n) is 13.0. The molecule has 21 heavy (non-hydrogen) atoms. The molecule has 1 saturated heterocycles. The van der Waals surface area contributed by atoms with Gasteiger partial charge in [0.2, 0.25) is 0 Å². The van der Waals surface area contributed by atoms with Crippen LogP contribution in [0.25, 0.3) is 0 Å². The maximum Gasteiger partial charge on any atom is 0.331 e. The minimum atomic E-state index is -0.630. The first kappa shape index (κ1) is 15.6. The fraction of sp³-hybridized carbons (Fsp3) is 0.562. The Hall–Kier alpha value is -1.75. The quantitative estimate of drug-likeness (QED) is 0.843. The van der Waals surface area contributed by atoms with Crippen molar-refractivity contribution in [3.05, 3.63) is 24.3 Å². The predicted octanol–water partition coefficient (Wildman–Crippen LogP) is 2.13. The van der Waals surface area contributed by atoms with Crippen molar-refractivity contribution >= 4 is 11.7 Å². The molecule has 0 radical (unpaired) electrons. The van der Waals surface area contributed by atoms with Gasteiger partial charge in [-0.2, -0.15) is 0 Å². The van der Waals surface area contributed by atoms with Gasteiger partial charge in [0.1, 0.15) is 11.3 Å². The van der Waals surface area contributed by atoms with Gasteiger partial charge in [-0.25, -0.2) is 4.79 Å². The van der Waals surface area contributed by atoms with Gasteiger partial charge >= 0.3 is 5.97 Å². The van der Waals surface area contributed by atoms with E-state index in [1.165, 1.54) is 7.11 Å². The molecule has 0 aromatic heterocycles. The lowest BCUT2D eigenvalue weighted by atomic mass is 9.87. The lowest BCUT2D eigenvalue weighted by Gasteiger charge is -2.40. The first-order chi connectivity index (χ1) is 10.1. The number of rotatable bonds is 5. The van der Waals surface area contributed by atoms with E-state index in [0.717, 1.165) is 43.9 Å². The number of anilines is 1. The van der Waals surface area contributed by atoms with Crippen molar-refractivity contribution in [1.82, 2.24) is 4.90 Å².